The lowest BCUT2D eigenvalue weighted by Gasteiger charge is -2.16. The second-order valence-corrected chi connectivity index (χ2v) is 4.92. The first-order valence-corrected chi connectivity index (χ1v) is 6.11. The maximum atomic E-state index is 12.0. The van der Waals surface area contributed by atoms with Gasteiger partial charge in [-0.2, -0.15) is 0 Å². The van der Waals surface area contributed by atoms with E-state index in [1.807, 2.05) is 0 Å². The lowest BCUT2D eigenvalue weighted by Crippen LogP contribution is -2.30. The summed E-state index contributed by atoms with van der Waals surface area (Å²) in [6, 6.07) is 3.03. The zero-order valence-electron chi connectivity index (χ0n) is 11.1. The standard InChI is InChI=1S/C13H21N3O2/c1-9(2)6-10(7-14)13(18)15-11-4-5-12(17)16(3)8-11/h4-5,8-10H,6-7,14H2,1-3H3,(H,15,18). The first-order valence-electron chi connectivity index (χ1n) is 6.11. The number of hydrogen-bond donors (Lipinski definition) is 2. The molecule has 1 aromatic heterocycles. The molecule has 0 spiro atoms. The van der Waals surface area contributed by atoms with E-state index in [1.54, 1.807) is 19.3 Å². The summed E-state index contributed by atoms with van der Waals surface area (Å²) in [4.78, 5) is 23.2. The summed E-state index contributed by atoms with van der Waals surface area (Å²) in [6.07, 6.45) is 2.36. The highest BCUT2D eigenvalue weighted by Gasteiger charge is 2.18. The number of nitrogens with two attached hydrogens (primary N) is 1. The molecule has 3 N–H and O–H groups in total. The van der Waals surface area contributed by atoms with E-state index < -0.39 is 0 Å². The number of hydrogen-bond acceptors (Lipinski definition) is 3. The van der Waals surface area contributed by atoms with E-state index in [1.165, 1.54) is 10.6 Å². The van der Waals surface area contributed by atoms with E-state index >= 15 is 0 Å². The van der Waals surface area contributed by atoms with Crippen molar-refractivity contribution in [3.8, 4) is 0 Å². The van der Waals surface area contributed by atoms with Crippen LogP contribution < -0.4 is 16.6 Å². The maximum Gasteiger partial charge on any atom is 0.250 e. The lowest BCUT2D eigenvalue weighted by molar-refractivity contribution is -0.120. The summed E-state index contributed by atoms with van der Waals surface area (Å²) in [7, 11) is 1.65. The van der Waals surface area contributed by atoms with Crippen molar-refractivity contribution in [2.24, 2.45) is 24.6 Å². The first-order chi connectivity index (χ1) is 8.43. The van der Waals surface area contributed by atoms with Crippen LogP contribution in [0.15, 0.2) is 23.1 Å². The van der Waals surface area contributed by atoms with Gasteiger partial charge in [-0.1, -0.05) is 13.8 Å². The van der Waals surface area contributed by atoms with Gasteiger partial charge in [0.2, 0.25) is 11.5 Å². The van der Waals surface area contributed by atoms with E-state index in [4.69, 9.17) is 5.73 Å². The molecule has 1 atom stereocenters. The highest BCUT2D eigenvalue weighted by Crippen LogP contribution is 2.13. The van der Waals surface area contributed by atoms with Gasteiger partial charge in [0.25, 0.3) is 0 Å². The number of carbonyl (C=O) groups is 1. The smallest absolute Gasteiger partial charge is 0.250 e. The SMILES string of the molecule is CC(C)CC(CN)C(=O)Nc1ccc(=O)n(C)c1. The van der Waals surface area contributed by atoms with Crippen LogP contribution in [0, 0.1) is 11.8 Å². The highest BCUT2D eigenvalue weighted by molar-refractivity contribution is 5.92. The van der Waals surface area contributed by atoms with Gasteiger partial charge < -0.3 is 15.6 Å². The quantitative estimate of drug-likeness (QED) is 0.817. The summed E-state index contributed by atoms with van der Waals surface area (Å²) >= 11 is 0. The molecule has 0 aliphatic heterocycles. The van der Waals surface area contributed by atoms with Crippen LogP contribution in [-0.4, -0.2) is 17.0 Å². The van der Waals surface area contributed by atoms with Crippen LogP contribution in [0.2, 0.25) is 0 Å². The van der Waals surface area contributed by atoms with E-state index in [0.29, 0.717) is 18.2 Å². The number of nitrogens with zero attached hydrogens (tertiary/aromatic N) is 1. The number of aromatic nitrogens is 1. The highest BCUT2D eigenvalue weighted by atomic mass is 16.2. The van der Waals surface area contributed by atoms with Gasteiger partial charge in [-0.25, -0.2) is 0 Å². The Morgan fingerprint density at radius 2 is 2.11 bits per heavy atom. The van der Waals surface area contributed by atoms with Gasteiger partial charge in [0.15, 0.2) is 0 Å². The molecule has 18 heavy (non-hydrogen) atoms. The minimum absolute atomic E-state index is 0.0927. The average molecular weight is 251 g/mol. The Labute approximate surface area is 107 Å². The monoisotopic (exact) mass is 251 g/mol. The van der Waals surface area contributed by atoms with Gasteiger partial charge in [0.05, 0.1) is 11.6 Å². The van der Waals surface area contributed by atoms with Crippen LogP contribution in [0.25, 0.3) is 0 Å². The Morgan fingerprint density at radius 1 is 1.44 bits per heavy atom. The molecule has 1 amide bonds. The van der Waals surface area contributed by atoms with Crippen LogP contribution in [0.1, 0.15) is 20.3 Å². The predicted molar refractivity (Wildman–Crippen MR) is 72.3 cm³/mol. The van der Waals surface area contributed by atoms with Crippen molar-refractivity contribution < 1.29 is 4.79 Å². The molecule has 0 saturated heterocycles. The van der Waals surface area contributed by atoms with E-state index in [-0.39, 0.29) is 17.4 Å². The van der Waals surface area contributed by atoms with E-state index in [2.05, 4.69) is 19.2 Å². The van der Waals surface area contributed by atoms with Crippen LogP contribution in [-0.2, 0) is 11.8 Å². The molecule has 100 valence electrons. The Balaban J connectivity index is 2.73. The van der Waals surface area contributed by atoms with Crippen molar-refractivity contribution in [2.75, 3.05) is 11.9 Å². The molecule has 1 heterocycles. The Bertz CT molecular complexity index is 466. The van der Waals surface area contributed by atoms with Gasteiger partial charge in [-0.05, 0) is 18.4 Å². The van der Waals surface area contributed by atoms with Gasteiger partial charge in [-0.15, -0.1) is 0 Å². The van der Waals surface area contributed by atoms with Crippen molar-refractivity contribution in [1.29, 1.82) is 0 Å². The van der Waals surface area contributed by atoms with Crippen molar-refractivity contribution in [2.45, 2.75) is 20.3 Å². The van der Waals surface area contributed by atoms with E-state index in [9.17, 15) is 9.59 Å². The van der Waals surface area contributed by atoms with Crippen molar-refractivity contribution in [1.82, 2.24) is 4.57 Å². The molecule has 0 radical (unpaired) electrons. The largest absolute Gasteiger partial charge is 0.330 e. The zero-order valence-corrected chi connectivity index (χ0v) is 11.1. The third-order valence-electron chi connectivity index (χ3n) is 2.76. The number of pyridine rings is 1. The van der Waals surface area contributed by atoms with Crippen LogP contribution >= 0.6 is 0 Å². The minimum Gasteiger partial charge on any atom is -0.330 e. The van der Waals surface area contributed by atoms with Gasteiger partial charge >= 0.3 is 0 Å². The van der Waals surface area contributed by atoms with Gasteiger partial charge in [0.1, 0.15) is 0 Å². The minimum atomic E-state index is -0.192. The maximum absolute atomic E-state index is 12.0. The Hall–Kier alpha value is -1.62. The molecule has 1 aromatic rings. The normalized spacial score (nSPS) is 12.5. The number of carbonyl (C=O) groups excluding carboxylic acids is 1. The average Bonchev–Trinajstić information content (AvgIpc) is 2.30. The van der Waals surface area contributed by atoms with E-state index in [0.717, 1.165) is 6.42 Å². The molecule has 0 bridgehead atoms. The number of anilines is 1. The third kappa shape index (κ3) is 4.00. The summed E-state index contributed by atoms with van der Waals surface area (Å²) in [6.45, 7) is 4.44. The fourth-order valence-electron chi connectivity index (χ4n) is 1.79. The fourth-order valence-corrected chi connectivity index (χ4v) is 1.79. The molecule has 0 saturated carbocycles. The van der Waals surface area contributed by atoms with Crippen molar-refractivity contribution in [3.05, 3.63) is 28.7 Å². The van der Waals surface area contributed by atoms with Crippen LogP contribution in [0.5, 0.6) is 0 Å². The second kappa shape index (κ2) is 6.35. The number of aryl methyl sites for hydroxylation is 1. The second-order valence-electron chi connectivity index (χ2n) is 4.92. The number of rotatable bonds is 5. The topological polar surface area (TPSA) is 77.1 Å². The number of amides is 1. The molecular weight excluding hydrogens is 230 g/mol. The summed E-state index contributed by atoms with van der Waals surface area (Å²) in [5.74, 6) is 0.136. The summed E-state index contributed by atoms with van der Waals surface area (Å²) in [5.41, 5.74) is 6.12. The van der Waals surface area contributed by atoms with Gasteiger partial charge in [0, 0.05) is 25.9 Å². The molecular formula is C13H21N3O2. The molecule has 0 aliphatic carbocycles. The summed E-state index contributed by atoms with van der Waals surface area (Å²) < 4.78 is 1.43. The van der Waals surface area contributed by atoms with Crippen molar-refractivity contribution >= 4 is 11.6 Å². The molecule has 0 aromatic carbocycles. The lowest BCUT2D eigenvalue weighted by atomic mass is 9.96. The number of nitrogens with one attached hydrogen (secondary N) is 1. The zero-order chi connectivity index (χ0) is 13.7. The van der Waals surface area contributed by atoms with Gasteiger partial charge in [-0.3, -0.25) is 9.59 Å². The first kappa shape index (κ1) is 14.4. The molecule has 0 aliphatic rings. The molecule has 1 unspecified atom stereocenters. The molecule has 5 nitrogen and oxygen atoms in total. The Kier molecular flexibility index (Phi) is 5.09. The fraction of sp³-hybridized carbons (Fsp3) is 0.538. The molecule has 5 heteroatoms. The Morgan fingerprint density at radius 3 is 2.61 bits per heavy atom. The van der Waals surface area contributed by atoms with Crippen molar-refractivity contribution in [3.63, 3.8) is 0 Å². The summed E-state index contributed by atoms with van der Waals surface area (Å²) in [5, 5.41) is 2.79. The molecule has 1 rings (SSSR count). The third-order valence-corrected chi connectivity index (χ3v) is 2.76. The van der Waals surface area contributed by atoms with Crippen LogP contribution in [0.4, 0.5) is 5.69 Å². The van der Waals surface area contributed by atoms with Crippen LogP contribution in [0.3, 0.4) is 0 Å². The molecule has 0 fully saturated rings. The predicted octanol–water partition coefficient (Wildman–Crippen LogP) is 0.945.